The lowest BCUT2D eigenvalue weighted by atomic mass is 10.2. The first kappa shape index (κ1) is 23.3. The number of ether oxygens (including phenoxy) is 2. The van der Waals surface area contributed by atoms with E-state index in [1.165, 1.54) is 5.57 Å². The van der Waals surface area contributed by atoms with E-state index in [0.29, 0.717) is 19.7 Å². The van der Waals surface area contributed by atoms with Gasteiger partial charge in [0.15, 0.2) is 0 Å². The highest BCUT2D eigenvalue weighted by Gasteiger charge is 2.16. The Bertz CT molecular complexity index is 805. The third-order valence-corrected chi connectivity index (χ3v) is 4.22. The Morgan fingerprint density at radius 3 is 2.30 bits per heavy atom. The number of hydrogen-bond donors (Lipinski definition) is 1. The fourth-order valence-corrected chi connectivity index (χ4v) is 2.72. The van der Waals surface area contributed by atoms with Gasteiger partial charge in [0.2, 0.25) is 0 Å². The maximum Gasteiger partial charge on any atom is 0.407 e. The zero-order valence-corrected chi connectivity index (χ0v) is 18.8. The molecule has 0 aromatic heterocycles. The van der Waals surface area contributed by atoms with Crippen LogP contribution in [0.2, 0.25) is 0 Å². The average Bonchev–Trinajstić information content (AvgIpc) is 2.69. The van der Waals surface area contributed by atoms with Gasteiger partial charge in [0.05, 0.1) is 0 Å². The second kappa shape index (κ2) is 11.3. The number of alkyl carbamates (subject to hydrolysis) is 1. The van der Waals surface area contributed by atoms with Crippen LogP contribution in [0, 0.1) is 0 Å². The molecule has 0 aliphatic heterocycles. The smallest absolute Gasteiger partial charge is 0.407 e. The molecule has 2 aromatic rings. The monoisotopic (exact) mass is 410 g/mol. The molecule has 5 nitrogen and oxygen atoms in total. The number of amides is 1. The van der Waals surface area contributed by atoms with Crippen LogP contribution in [0.15, 0.2) is 66.2 Å². The van der Waals surface area contributed by atoms with Gasteiger partial charge in [-0.25, -0.2) is 4.79 Å². The van der Waals surface area contributed by atoms with Crippen molar-refractivity contribution in [2.75, 3.05) is 24.5 Å². The number of benzene rings is 2. The number of carbonyl (C=O) groups is 1. The van der Waals surface area contributed by atoms with E-state index >= 15 is 0 Å². The summed E-state index contributed by atoms with van der Waals surface area (Å²) in [6, 6.07) is 18.2. The summed E-state index contributed by atoms with van der Waals surface area (Å²) in [5.74, 6) is 0.830. The highest BCUT2D eigenvalue weighted by Crippen LogP contribution is 2.20. The number of rotatable bonds is 9. The van der Waals surface area contributed by atoms with Crippen molar-refractivity contribution in [1.29, 1.82) is 0 Å². The normalized spacial score (nSPS) is 10.8. The van der Waals surface area contributed by atoms with E-state index < -0.39 is 11.7 Å². The van der Waals surface area contributed by atoms with Gasteiger partial charge in [0, 0.05) is 25.3 Å². The van der Waals surface area contributed by atoms with E-state index in [1.54, 1.807) is 0 Å². The lowest BCUT2D eigenvalue weighted by molar-refractivity contribution is 0.0529. The summed E-state index contributed by atoms with van der Waals surface area (Å²) in [5, 5.41) is 2.83. The molecule has 0 atom stereocenters. The molecule has 1 amide bonds. The molecule has 0 radical (unpaired) electrons. The van der Waals surface area contributed by atoms with Gasteiger partial charge in [-0.05, 0) is 64.4 Å². The van der Waals surface area contributed by atoms with Gasteiger partial charge in [-0.1, -0.05) is 42.0 Å². The average molecular weight is 411 g/mol. The maximum atomic E-state index is 11.9. The topological polar surface area (TPSA) is 50.8 Å². The molecule has 5 heteroatoms. The summed E-state index contributed by atoms with van der Waals surface area (Å²) < 4.78 is 11.2. The second-order valence-electron chi connectivity index (χ2n) is 8.42. The predicted molar refractivity (Wildman–Crippen MR) is 123 cm³/mol. The quantitative estimate of drug-likeness (QED) is 0.550. The molecule has 0 saturated heterocycles. The van der Waals surface area contributed by atoms with Crippen molar-refractivity contribution in [1.82, 2.24) is 5.32 Å². The summed E-state index contributed by atoms with van der Waals surface area (Å²) in [4.78, 5) is 14.1. The number of nitrogens with one attached hydrogen (secondary N) is 1. The molecule has 0 bridgehead atoms. The Hall–Kier alpha value is -2.95. The van der Waals surface area contributed by atoms with Gasteiger partial charge < -0.3 is 19.7 Å². The van der Waals surface area contributed by atoms with Crippen LogP contribution in [0.1, 0.15) is 40.2 Å². The molecule has 0 fully saturated rings. The van der Waals surface area contributed by atoms with Crippen molar-refractivity contribution in [3.05, 3.63) is 71.8 Å². The van der Waals surface area contributed by atoms with E-state index in [1.807, 2.05) is 75.4 Å². The fourth-order valence-electron chi connectivity index (χ4n) is 2.72. The Labute approximate surface area is 180 Å². The van der Waals surface area contributed by atoms with Crippen LogP contribution in [0.5, 0.6) is 5.75 Å². The number of nitrogens with zero attached hydrogens (tertiary/aromatic N) is 1. The number of carbonyl (C=O) groups excluding carboxylic acids is 1. The van der Waals surface area contributed by atoms with Crippen LogP contribution in [0.25, 0.3) is 0 Å². The van der Waals surface area contributed by atoms with Crippen molar-refractivity contribution in [2.24, 2.45) is 0 Å². The lowest BCUT2D eigenvalue weighted by Gasteiger charge is -2.25. The Kier molecular flexibility index (Phi) is 8.78. The zero-order chi connectivity index (χ0) is 22.0. The molecular weight excluding hydrogens is 376 g/mol. The minimum absolute atomic E-state index is 0.394. The Morgan fingerprint density at radius 1 is 1.03 bits per heavy atom. The Morgan fingerprint density at radius 2 is 1.70 bits per heavy atom. The van der Waals surface area contributed by atoms with Crippen LogP contribution in [-0.2, 0) is 11.3 Å². The van der Waals surface area contributed by atoms with Crippen molar-refractivity contribution in [2.45, 2.75) is 46.8 Å². The molecule has 0 aliphatic rings. The van der Waals surface area contributed by atoms with Crippen LogP contribution in [0.3, 0.4) is 0 Å². The number of anilines is 1. The molecule has 1 N–H and O–H groups in total. The first-order valence-electron chi connectivity index (χ1n) is 10.3. The second-order valence-corrected chi connectivity index (χ2v) is 8.42. The third-order valence-electron chi connectivity index (χ3n) is 4.22. The van der Waals surface area contributed by atoms with Crippen molar-refractivity contribution in [3.63, 3.8) is 0 Å². The summed E-state index contributed by atoms with van der Waals surface area (Å²) in [5.41, 5.74) is 2.97. The van der Waals surface area contributed by atoms with Crippen LogP contribution in [-0.4, -0.2) is 31.3 Å². The van der Waals surface area contributed by atoms with Crippen molar-refractivity contribution >= 4 is 11.8 Å². The van der Waals surface area contributed by atoms with Gasteiger partial charge >= 0.3 is 6.09 Å². The van der Waals surface area contributed by atoms with E-state index in [2.05, 4.69) is 30.1 Å². The summed E-state index contributed by atoms with van der Waals surface area (Å²) in [6.45, 7) is 12.2. The summed E-state index contributed by atoms with van der Waals surface area (Å²) in [7, 11) is 0. The maximum absolute atomic E-state index is 11.9. The van der Waals surface area contributed by atoms with Gasteiger partial charge in [0.25, 0.3) is 0 Å². The molecule has 0 spiro atoms. The highest BCUT2D eigenvalue weighted by atomic mass is 16.6. The third kappa shape index (κ3) is 9.03. The largest absolute Gasteiger partial charge is 0.489 e. The molecule has 2 aromatic carbocycles. The zero-order valence-electron chi connectivity index (χ0n) is 18.8. The van der Waals surface area contributed by atoms with E-state index in [9.17, 15) is 4.79 Å². The first-order valence-corrected chi connectivity index (χ1v) is 10.3. The summed E-state index contributed by atoms with van der Waals surface area (Å²) >= 11 is 0. The molecule has 0 heterocycles. The van der Waals surface area contributed by atoms with E-state index in [-0.39, 0.29) is 0 Å². The standard InChI is InChI=1S/C25H34N2O3/c1-20(2)15-17-27(18-16-26-24(28)30-25(3,4)5)22-11-13-23(14-12-22)29-19-21-9-7-6-8-10-21/h6-15H,16-19H2,1-5H3,(H,26,28). The van der Waals surface area contributed by atoms with Crippen molar-refractivity contribution < 1.29 is 14.3 Å². The molecule has 162 valence electrons. The molecule has 30 heavy (non-hydrogen) atoms. The van der Waals surface area contributed by atoms with Gasteiger partial charge in [-0.3, -0.25) is 0 Å². The van der Waals surface area contributed by atoms with Crippen molar-refractivity contribution in [3.8, 4) is 5.75 Å². The van der Waals surface area contributed by atoms with E-state index in [4.69, 9.17) is 9.47 Å². The predicted octanol–water partition coefficient (Wildman–Crippen LogP) is 5.56. The first-order chi connectivity index (χ1) is 14.2. The van der Waals surface area contributed by atoms with Crippen LogP contribution < -0.4 is 15.0 Å². The molecule has 0 aliphatic carbocycles. The van der Waals surface area contributed by atoms with Crippen LogP contribution >= 0.6 is 0 Å². The fraction of sp³-hybridized carbons (Fsp3) is 0.400. The van der Waals surface area contributed by atoms with Gasteiger partial charge in [0.1, 0.15) is 18.0 Å². The van der Waals surface area contributed by atoms with Gasteiger partial charge in [-0.2, -0.15) is 0 Å². The molecular formula is C25H34N2O3. The molecule has 0 unspecified atom stereocenters. The minimum atomic E-state index is -0.499. The van der Waals surface area contributed by atoms with Crippen LogP contribution in [0.4, 0.5) is 10.5 Å². The van der Waals surface area contributed by atoms with E-state index in [0.717, 1.165) is 23.5 Å². The SMILES string of the molecule is CC(C)=CCN(CCNC(=O)OC(C)(C)C)c1ccc(OCc2ccccc2)cc1. The number of hydrogen-bond acceptors (Lipinski definition) is 4. The lowest BCUT2D eigenvalue weighted by Crippen LogP contribution is -2.38. The Balaban J connectivity index is 1.94. The summed E-state index contributed by atoms with van der Waals surface area (Å²) in [6.07, 6.45) is 1.78. The van der Waals surface area contributed by atoms with Gasteiger partial charge in [-0.15, -0.1) is 0 Å². The number of allylic oxidation sites excluding steroid dienone is 1. The minimum Gasteiger partial charge on any atom is -0.489 e. The molecule has 2 rings (SSSR count). The molecule has 0 saturated carbocycles. The highest BCUT2D eigenvalue weighted by molar-refractivity contribution is 5.67.